The van der Waals surface area contributed by atoms with Crippen LogP contribution in [0.15, 0.2) is 40.2 Å². The zero-order valence-electron chi connectivity index (χ0n) is 11.6. The number of imidazole rings is 1. The van der Waals surface area contributed by atoms with E-state index in [2.05, 4.69) is 4.98 Å². The molecule has 0 spiro atoms. The molecule has 0 N–H and O–H groups in total. The molecule has 0 saturated carbocycles. The second kappa shape index (κ2) is 4.69. The summed E-state index contributed by atoms with van der Waals surface area (Å²) in [7, 11) is 3.01. The average Bonchev–Trinajstić information content (AvgIpc) is 2.89. The van der Waals surface area contributed by atoms with Crippen LogP contribution in [0.2, 0.25) is 0 Å². The Morgan fingerprint density at radius 1 is 1.10 bits per heavy atom. The first kappa shape index (κ1) is 13.3. The predicted molar refractivity (Wildman–Crippen MR) is 75.7 cm³/mol. The fourth-order valence-electron chi connectivity index (χ4n) is 2.34. The topological polar surface area (TPSA) is 61.8 Å². The number of fused-ring (bicyclic) bond motifs is 1. The summed E-state index contributed by atoms with van der Waals surface area (Å²) in [5, 5.41) is 0. The molecule has 108 valence electrons. The largest absolute Gasteiger partial charge is 0.332 e. The number of hydrogen-bond donors (Lipinski definition) is 0. The molecule has 0 bridgehead atoms. The zero-order valence-corrected chi connectivity index (χ0v) is 11.6. The van der Waals surface area contributed by atoms with Gasteiger partial charge < -0.3 is 4.57 Å². The molecule has 0 aliphatic rings. The van der Waals surface area contributed by atoms with Gasteiger partial charge in [0.1, 0.15) is 11.5 Å². The van der Waals surface area contributed by atoms with Crippen molar-refractivity contribution in [1.29, 1.82) is 0 Å². The van der Waals surface area contributed by atoms with Crippen molar-refractivity contribution in [3.63, 3.8) is 0 Å². The van der Waals surface area contributed by atoms with Crippen LogP contribution in [0.25, 0.3) is 11.2 Å². The van der Waals surface area contributed by atoms with Crippen molar-refractivity contribution in [2.24, 2.45) is 14.1 Å². The highest BCUT2D eigenvalue weighted by Crippen LogP contribution is 2.10. The first-order chi connectivity index (χ1) is 9.99. The van der Waals surface area contributed by atoms with Gasteiger partial charge in [0.2, 0.25) is 0 Å². The minimum Gasteiger partial charge on any atom is -0.312 e. The molecule has 0 atom stereocenters. The molecule has 2 heterocycles. The van der Waals surface area contributed by atoms with Crippen LogP contribution in [0.1, 0.15) is 5.56 Å². The Morgan fingerprint density at radius 3 is 2.43 bits per heavy atom. The summed E-state index contributed by atoms with van der Waals surface area (Å²) in [6, 6.07) is 6.04. The monoisotopic (exact) mass is 288 g/mol. The van der Waals surface area contributed by atoms with Gasteiger partial charge in [0.05, 0.1) is 12.9 Å². The van der Waals surface area contributed by atoms with Crippen molar-refractivity contribution in [1.82, 2.24) is 18.7 Å². The Morgan fingerprint density at radius 2 is 1.76 bits per heavy atom. The maximum atomic E-state index is 12.9. The van der Waals surface area contributed by atoms with Crippen LogP contribution in [-0.4, -0.2) is 18.7 Å². The number of hydrogen-bond acceptors (Lipinski definition) is 3. The Hall–Kier alpha value is -2.70. The lowest BCUT2D eigenvalue weighted by Gasteiger charge is -2.08. The summed E-state index contributed by atoms with van der Waals surface area (Å²) in [6.07, 6.45) is 1.51. The maximum Gasteiger partial charge on any atom is 0.332 e. The molecule has 0 radical (unpaired) electrons. The quantitative estimate of drug-likeness (QED) is 0.694. The average molecular weight is 288 g/mol. The lowest BCUT2D eigenvalue weighted by Crippen LogP contribution is -2.37. The third kappa shape index (κ3) is 2.06. The lowest BCUT2D eigenvalue weighted by molar-refractivity contribution is 0.626. The molecule has 0 aliphatic heterocycles. The molecule has 1 aromatic carbocycles. The smallest absolute Gasteiger partial charge is 0.312 e. The van der Waals surface area contributed by atoms with E-state index in [1.54, 1.807) is 23.7 Å². The Bertz CT molecular complexity index is 934. The van der Waals surface area contributed by atoms with Crippen molar-refractivity contribution < 1.29 is 4.39 Å². The molecular formula is C14H13FN4O2. The molecule has 2 aromatic heterocycles. The van der Waals surface area contributed by atoms with Crippen molar-refractivity contribution in [3.05, 3.63) is 62.8 Å². The SMILES string of the molecule is Cn1c(=O)c2ncn(Cc3ccc(F)cc3)c2n(C)c1=O. The summed E-state index contributed by atoms with van der Waals surface area (Å²) in [6.45, 7) is 0.400. The number of aromatic nitrogens is 4. The van der Waals surface area contributed by atoms with Gasteiger partial charge in [-0.25, -0.2) is 14.2 Å². The number of benzene rings is 1. The minimum atomic E-state index is -0.425. The fourth-order valence-corrected chi connectivity index (χ4v) is 2.34. The van der Waals surface area contributed by atoms with Gasteiger partial charge in [-0.2, -0.15) is 0 Å². The Kier molecular flexibility index (Phi) is 2.97. The summed E-state index contributed by atoms with van der Waals surface area (Å²) < 4.78 is 17.0. The highest BCUT2D eigenvalue weighted by atomic mass is 19.1. The van der Waals surface area contributed by atoms with E-state index in [1.165, 1.54) is 30.1 Å². The lowest BCUT2D eigenvalue weighted by atomic mass is 10.2. The van der Waals surface area contributed by atoms with E-state index in [9.17, 15) is 14.0 Å². The molecule has 0 amide bonds. The normalized spacial score (nSPS) is 11.2. The van der Waals surface area contributed by atoms with E-state index in [4.69, 9.17) is 0 Å². The number of nitrogens with zero attached hydrogens (tertiary/aromatic N) is 4. The van der Waals surface area contributed by atoms with E-state index in [0.29, 0.717) is 12.2 Å². The molecule has 3 rings (SSSR count). The van der Waals surface area contributed by atoms with Crippen LogP contribution in [0.5, 0.6) is 0 Å². The Labute approximate surface area is 118 Å². The van der Waals surface area contributed by atoms with Crippen LogP contribution < -0.4 is 11.2 Å². The molecular weight excluding hydrogens is 275 g/mol. The fraction of sp³-hybridized carbons (Fsp3) is 0.214. The highest BCUT2D eigenvalue weighted by Gasteiger charge is 2.14. The van der Waals surface area contributed by atoms with E-state index in [-0.39, 0.29) is 11.3 Å². The minimum absolute atomic E-state index is 0.238. The predicted octanol–water partition coefficient (Wildman–Crippen LogP) is 0.621. The maximum absolute atomic E-state index is 12.9. The van der Waals surface area contributed by atoms with Crippen molar-refractivity contribution >= 4 is 11.2 Å². The second-order valence-electron chi connectivity index (χ2n) is 4.88. The van der Waals surface area contributed by atoms with Crippen LogP contribution in [0, 0.1) is 5.82 Å². The molecule has 21 heavy (non-hydrogen) atoms. The van der Waals surface area contributed by atoms with E-state index in [1.807, 2.05) is 0 Å². The molecule has 0 aliphatic carbocycles. The molecule has 0 fully saturated rings. The van der Waals surface area contributed by atoms with Crippen molar-refractivity contribution in [2.75, 3.05) is 0 Å². The standard InChI is InChI=1S/C14H13FN4O2/c1-17-12-11(13(20)18(2)14(17)21)16-8-19(12)7-9-3-5-10(15)6-4-9/h3-6,8H,7H2,1-2H3. The van der Waals surface area contributed by atoms with Gasteiger partial charge in [-0.05, 0) is 17.7 Å². The van der Waals surface area contributed by atoms with E-state index < -0.39 is 11.2 Å². The molecule has 0 saturated heterocycles. The number of aryl methyl sites for hydroxylation is 1. The van der Waals surface area contributed by atoms with E-state index >= 15 is 0 Å². The first-order valence-electron chi connectivity index (χ1n) is 6.34. The van der Waals surface area contributed by atoms with Crippen LogP contribution in [0.3, 0.4) is 0 Å². The summed E-state index contributed by atoms with van der Waals surface area (Å²) in [4.78, 5) is 28.1. The summed E-state index contributed by atoms with van der Waals surface area (Å²) in [5.41, 5.74) is 0.706. The van der Waals surface area contributed by atoms with Gasteiger partial charge in [-0.15, -0.1) is 0 Å². The van der Waals surface area contributed by atoms with Crippen LogP contribution in [0.4, 0.5) is 4.39 Å². The number of rotatable bonds is 2. The van der Waals surface area contributed by atoms with Gasteiger partial charge in [0, 0.05) is 14.1 Å². The van der Waals surface area contributed by atoms with Gasteiger partial charge >= 0.3 is 5.69 Å². The molecule has 3 aromatic rings. The number of halogens is 1. The summed E-state index contributed by atoms with van der Waals surface area (Å²) in [5.74, 6) is -0.310. The first-order valence-corrected chi connectivity index (χ1v) is 6.34. The van der Waals surface area contributed by atoms with Gasteiger partial charge in [0.25, 0.3) is 5.56 Å². The zero-order chi connectivity index (χ0) is 15.1. The third-order valence-corrected chi connectivity index (χ3v) is 3.48. The summed E-state index contributed by atoms with van der Waals surface area (Å²) >= 11 is 0. The van der Waals surface area contributed by atoms with E-state index in [0.717, 1.165) is 10.1 Å². The van der Waals surface area contributed by atoms with Crippen LogP contribution >= 0.6 is 0 Å². The van der Waals surface area contributed by atoms with Gasteiger partial charge in [-0.3, -0.25) is 13.9 Å². The van der Waals surface area contributed by atoms with Crippen molar-refractivity contribution in [2.45, 2.75) is 6.54 Å². The Balaban J connectivity index is 2.19. The molecule has 0 unspecified atom stereocenters. The molecule has 6 nitrogen and oxygen atoms in total. The van der Waals surface area contributed by atoms with Crippen LogP contribution in [-0.2, 0) is 20.6 Å². The third-order valence-electron chi connectivity index (χ3n) is 3.48. The van der Waals surface area contributed by atoms with Gasteiger partial charge in [-0.1, -0.05) is 12.1 Å². The highest BCUT2D eigenvalue weighted by molar-refractivity contribution is 5.69. The second-order valence-corrected chi connectivity index (χ2v) is 4.88. The van der Waals surface area contributed by atoms with Crippen molar-refractivity contribution in [3.8, 4) is 0 Å². The molecule has 7 heteroatoms. The van der Waals surface area contributed by atoms with Gasteiger partial charge in [0.15, 0.2) is 5.52 Å².